The number of hydrogen-bond acceptors (Lipinski definition) is 6. The minimum atomic E-state index is -0.983. The number of esters is 1. The molecule has 0 bridgehead atoms. The second kappa shape index (κ2) is 14.7. The number of pyridine rings is 1. The number of methoxy groups -OCH3 is 1. The Kier molecular flexibility index (Phi) is 11.3. The Morgan fingerprint density at radius 2 is 1.83 bits per heavy atom. The van der Waals surface area contributed by atoms with E-state index in [2.05, 4.69) is 24.3 Å². The fourth-order valence-corrected chi connectivity index (χ4v) is 6.79. The van der Waals surface area contributed by atoms with Crippen molar-refractivity contribution < 1.29 is 49.0 Å². The van der Waals surface area contributed by atoms with Crippen LogP contribution in [0.25, 0.3) is 23.1 Å². The van der Waals surface area contributed by atoms with Crippen molar-refractivity contribution in [2.75, 3.05) is 12.9 Å². The van der Waals surface area contributed by atoms with Gasteiger partial charge in [0.15, 0.2) is 0 Å². The summed E-state index contributed by atoms with van der Waals surface area (Å²) >= 11 is 7.95. The molecule has 1 fully saturated rings. The van der Waals surface area contributed by atoms with E-state index >= 15 is 0 Å². The van der Waals surface area contributed by atoms with E-state index in [1.807, 2.05) is 60.7 Å². The van der Waals surface area contributed by atoms with E-state index in [9.17, 15) is 14.7 Å². The summed E-state index contributed by atoms with van der Waals surface area (Å²) in [5.74, 6) is -0.566. The molecule has 5 rings (SSSR count). The molecule has 1 atom stereocenters. The molecule has 1 aliphatic rings. The van der Waals surface area contributed by atoms with Crippen LogP contribution >= 0.6 is 23.4 Å². The number of rotatable bonds is 12. The number of carboxylic acids is 1. The van der Waals surface area contributed by atoms with E-state index in [0.717, 1.165) is 58.3 Å². The first-order valence-electron chi connectivity index (χ1n) is 13.7. The van der Waals surface area contributed by atoms with E-state index in [0.29, 0.717) is 17.0 Å². The molecule has 4 aromatic rings. The van der Waals surface area contributed by atoms with Gasteiger partial charge >= 0.3 is 35.5 Å². The number of hydrogen-bond donors (Lipinski definition) is 0. The number of carboxylic acid groups (broad SMARTS) is 1. The summed E-state index contributed by atoms with van der Waals surface area (Å²) in [5, 5.41) is 13.2. The van der Waals surface area contributed by atoms with Crippen LogP contribution in [0, 0.1) is 5.41 Å². The molecule has 1 unspecified atom stereocenters. The Balaban J connectivity index is 0.00000405. The first-order valence-corrected chi connectivity index (χ1v) is 15.1. The van der Waals surface area contributed by atoms with Gasteiger partial charge < -0.3 is 14.6 Å². The molecular formula is C34H31ClNNaO4S. The number of aliphatic carboxylic acids is 1. The van der Waals surface area contributed by atoms with E-state index in [1.54, 1.807) is 17.8 Å². The number of carbonyl (C=O) groups is 2. The van der Waals surface area contributed by atoms with Gasteiger partial charge in [-0.15, -0.1) is 0 Å². The van der Waals surface area contributed by atoms with Crippen LogP contribution in [0.15, 0.2) is 78.9 Å². The zero-order chi connectivity index (χ0) is 28.8. The monoisotopic (exact) mass is 607 g/mol. The first kappa shape index (κ1) is 32.3. The molecule has 1 heterocycles. The Labute approximate surface area is 278 Å². The van der Waals surface area contributed by atoms with Gasteiger partial charge in [0.05, 0.1) is 23.9 Å². The van der Waals surface area contributed by atoms with Crippen LogP contribution in [0.5, 0.6) is 0 Å². The summed E-state index contributed by atoms with van der Waals surface area (Å²) < 4.78 is 4.99. The van der Waals surface area contributed by atoms with Crippen LogP contribution in [-0.4, -0.2) is 29.8 Å². The summed E-state index contributed by atoms with van der Waals surface area (Å²) in [4.78, 5) is 28.4. The largest absolute Gasteiger partial charge is 1.00 e. The number of aryl methyl sites for hydroxylation is 1. The van der Waals surface area contributed by atoms with Crippen molar-refractivity contribution in [3.8, 4) is 0 Å². The third-order valence-electron chi connectivity index (χ3n) is 7.57. The number of aromatic nitrogens is 1. The molecule has 0 radical (unpaired) electrons. The molecule has 1 saturated carbocycles. The van der Waals surface area contributed by atoms with Crippen molar-refractivity contribution in [2.24, 2.45) is 5.41 Å². The van der Waals surface area contributed by atoms with Gasteiger partial charge in [0, 0.05) is 21.6 Å². The third kappa shape index (κ3) is 8.48. The van der Waals surface area contributed by atoms with Gasteiger partial charge in [0.25, 0.3) is 0 Å². The molecule has 0 aliphatic heterocycles. The third-order valence-corrected chi connectivity index (χ3v) is 9.49. The standard InChI is InChI=1S/C34H32ClNO4S.Na/c1-40-33(39)29-8-3-2-6-24(29)12-16-31(41-22-34(17-18-34)21-32(37)38)26-7-4-5-23(19-26)9-14-28-15-11-25-10-13-27(35)20-30(25)36-28;/h2-11,13-15,19-20,31H,12,16-18,21-22H2,1H3,(H,37,38);/q;+1/p-1/b14-9+;. The summed E-state index contributed by atoms with van der Waals surface area (Å²) in [6, 6.07) is 25.6. The van der Waals surface area contributed by atoms with Crippen molar-refractivity contribution in [3.63, 3.8) is 0 Å². The fourth-order valence-electron chi connectivity index (χ4n) is 5.06. The van der Waals surface area contributed by atoms with Gasteiger partial charge in [-0.05, 0) is 90.3 Å². The predicted molar refractivity (Wildman–Crippen MR) is 165 cm³/mol. The Hall–Kier alpha value is -2.61. The molecule has 0 N–H and O–H groups in total. The van der Waals surface area contributed by atoms with Gasteiger partial charge in [-0.25, -0.2) is 9.78 Å². The van der Waals surface area contributed by atoms with Crippen LogP contribution in [-0.2, 0) is 16.0 Å². The maximum atomic E-state index is 12.3. The zero-order valence-corrected chi connectivity index (χ0v) is 27.4. The number of thioether (sulfide) groups is 1. The second-order valence-corrected chi connectivity index (χ2v) is 12.2. The Morgan fingerprint density at radius 3 is 2.60 bits per heavy atom. The Bertz CT molecular complexity index is 1600. The van der Waals surface area contributed by atoms with E-state index < -0.39 is 5.97 Å². The number of nitrogens with zero attached hydrogens (tertiary/aromatic N) is 1. The van der Waals surface area contributed by atoms with Crippen molar-refractivity contribution in [2.45, 2.75) is 37.4 Å². The van der Waals surface area contributed by atoms with E-state index in [-0.39, 0.29) is 52.6 Å². The average molecular weight is 608 g/mol. The number of benzene rings is 3. The van der Waals surface area contributed by atoms with Crippen molar-refractivity contribution >= 4 is 58.4 Å². The topological polar surface area (TPSA) is 79.3 Å². The van der Waals surface area contributed by atoms with Gasteiger partial charge in [0.1, 0.15) is 0 Å². The van der Waals surface area contributed by atoms with Crippen molar-refractivity contribution in [3.05, 3.63) is 112 Å². The zero-order valence-electron chi connectivity index (χ0n) is 23.8. The van der Waals surface area contributed by atoms with E-state index in [1.165, 1.54) is 7.11 Å². The predicted octanol–water partition coefficient (Wildman–Crippen LogP) is 4.18. The smallest absolute Gasteiger partial charge is 0.550 e. The van der Waals surface area contributed by atoms with Gasteiger partial charge in [-0.1, -0.05) is 72.3 Å². The quantitative estimate of drug-likeness (QED) is 0.178. The van der Waals surface area contributed by atoms with Gasteiger partial charge in [0.2, 0.25) is 0 Å². The molecule has 5 nitrogen and oxygen atoms in total. The van der Waals surface area contributed by atoms with Crippen LogP contribution in [0.4, 0.5) is 0 Å². The number of ether oxygens (including phenoxy) is 1. The molecule has 210 valence electrons. The van der Waals surface area contributed by atoms with Crippen LogP contribution < -0.4 is 34.7 Å². The van der Waals surface area contributed by atoms with Gasteiger partial charge in [-0.2, -0.15) is 11.8 Å². The number of halogens is 1. The summed E-state index contributed by atoms with van der Waals surface area (Å²) in [5.41, 5.74) is 5.25. The first-order chi connectivity index (χ1) is 19.8. The van der Waals surface area contributed by atoms with Crippen molar-refractivity contribution in [1.29, 1.82) is 0 Å². The van der Waals surface area contributed by atoms with Crippen molar-refractivity contribution in [1.82, 2.24) is 4.98 Å². The van der Waals surface area contributed by atoms with Crippen LogP contribution in [0.2, 0.25) is 5.02 Å². The second-order valence-electron chi connectivity index (χ2n) is 10.6. The van der Waals surface area contributed by atoms with Crippen LogP contribution in [0.1, 0.15) is 63.7 Å². The van der Waals surface area contributed by atoms with Crippen LogP contribution in [0.3, 0.4) is 0 Å². The molecule has 42 heavy (non-hydrogen) atoms. The molecule has 3 aromatic carbocycles. The van der Waals surface area contributed by atoms with Gasteiger partial charge in [-0.3, -0.25) is 0 Å². The Morgan fingerprint density at radius 1 is 1.05 bits per heavy atom. The summed E-state index contributed by atoms with van der Waals surface area (Å²) in [6.45, 7) is 0. The summed E-state index contributed by atoms with van der Waals surface area (Å²) in [7, 11) is 1.39. The fraction of sp³-hybridized carbons (Fsp3) is 0.265. The maximum absolute atomic E-state index is 12.3. The normalized spacial score (nSPS) is 14.3. The minimum Gasteiger partial charge on any atom is -0.550 e. The molecule has 0 spiro atoms. The van der Waals surface area contributed by atoms with E-state index in [4.69, 9.17) is 21.3 Å². The molecular weight excluding hydrogens is 577 g/mol. The number of fused-ring (bicyclic) bond motifs is 1. The molecule has 1 aliphatic carbocycles. The molecule has 8 heteroatoms. The number of carbonyl (C=O) groups excluding carboxylic acids is 2. The molecule has 0 amide bonds. The minimum absolute atomic E-state index is 0. The molecule has 0 saturated heterocycles. The molecule has 1 aromatic heterocycles. The average Bonchev–Trinajstić information content (AvgIpc) is 3.74. The maximum Gasteiger partial charge on any atom is 1.00 e. The summed E-state index contributed by atoms with van der Waals surface area (Å²) in [6.07, 6.45) is 7.46. The SMILES string of the molecule is COC(=O)c1ccccc1CCC(SCC1(CC(=O)[O-])CC1)c1cccc(/C=C/c2ccc3ccc(Cl)cc3n2)c1.[Na+].